The molecule has 0 saturated carbocycles. The lowest BCUT2D eigenvalue weighted by atomic mass is 10.0. The first-order valence-electron chi connectivity index (χ1n) is 11.8. The largest absolute Gasteiger partial charge is 0.465 e. The Labute approximate surface area is 215 Å². The normalized spacial score (nSPS) is 15.1. The van der Waals surface area contributed by atoms with E-state index in [1.807, 2.05) is 72.8 Å². The second-order valence-electron chi connectivity index (χ2n) is 8.36. The Kier molecular flexibility index (Phi) is 8.41. The number of hydrogen-bond acceptors (Lipinski definition) is 5. The van der Waals surface area contributed by atoms with Crippen molar-refractivity contribution < 1.29 is 19.1 Å². The van der Waals surface area contributed by atoms with E-state index in [9.17, 15) is 14.4 Å². The molecule has 0 aliphatic carbocycles. The molecule has 1 heterocycles. The molecule has 8 heteroatoms. The zero-order valence-corrected chi connectivity index (χ0v) is 20.5. The number of rotatable bonds is 7. The van der Waals surface area contributed by atoms with Crippen LogP contribution in [0, 0.1) is 0 Å². The lowest BCUT2D eigenvalue weighted by Crippen LogP contribution is -2.60. The summed E-state index contributed by atoms with van der Waals surface area (Å²) in [5, 5.41) is 5.55. The smallest absolute Gasteiger partial charge is 0.308 e. The molecule has 7 nitrogen and oxygen atoms in total. The zero-order valence-electron chi connectivity index (χ0n) is 19.7. The Morgan fingerprint density at radius 2 is 1.58 bits per heavy atom. The van der Waals surface area contributed by atoms with E-state index in [1.54, 1.807) is 17.0 Å². The van der Waals surface area contributed by atoms with Gasteiger partial charge < -0.3 is 15.0 Å². The van der Waals surface area contributed by atoms with Crippen molar-refractivity contribution in [1.82, 2.24) is 15.5 Å². The van der Waals surface area contributed by atoms with Crippen molar-refractivity contribution in [3.05, 3.63) is 96.1 Å². The second-order valence-corrected chi connectivity index (χ2v) is 8.75. The van der Waals surface area contributed by atoms with Crippen molar-refractivity contribution in [2.45, 2.75) is 18.9 Å². The van der Waals surface area contributed by atoms with Gasteiger partial charge in [0.25, 0.3) is 5.91 Å². The van der Waals surface area contributed by atoms with Crippen molar-refractivity contribution >= 4 is 35.1 Å². The first-order valence-corrected chi connectivity index (χ1v) is 12.2. The number of ether oxygens (including phenoxy) is 1. The summed E-state index contributed by atoms with van der Waals surface area (Å²) in [4.78, 5) is 39.4. The van der Waals surface area contributed by atoms with E-state index in [4.69, 9.17) is 17.0 Å². The van der Waals surface area contributed by atoms with E-state index < -0.39 is 12.0 Å². The summed E-state index contributed by atoms with van der Waals surface area (Å²) in [6.07, 6.45) is 0.424. The summed E-state index contributed by atoms with van der Waals surface area (Å²) in [6.45, 7) is 0.956. The first kappa shape index (κ1) is 25.1. The van der Waals surface area contributed by atoms with Crippen LogP contribution in [0.5, 0.6) is 0 Å². The molecular formula is C28H27N3O4S. The predicted molar refractivity (Wildman–Crippen MR) is 141 cm³/mol. The number of nitrogens with one attached hydrogen (secondary N) is 2. The van der Waals surface area contributed by atoms with Crippen molar-refractivity contribution in [3.8, 4) is 11.1 Å². The molecule has 0 bridgehead atoms. The summed E-state index contributed by atoms with van der Waals surface area (Å²) in [5.41, 5.74) is 3.55. The average molecular weight is 502 g/mol. The van der Waals surface area contributed by atoms with E-state index in [2.05, 4.69) is 10.6 Å². The van der Waals surface area contributed by atoms with Gasteiger partial charge in [0.05, 0.1) is 13.0 Å². The van der Waals surface area contributed by atoms with E-state index in [0.29, 0.717) is 25.1 Å². The van der Waals surface area contributed by atoms with Crippen LogP contribution in [-0.4, -0.2) is 53.5 Å². The molecule has 36 heavy (non-hydrogen) atoms. The van der Waals surface area contributed by atoms with Gasteiger partial charge in [0, 0.05) is 25.1 Å². The van der Waals surface area contributed by atoms with Crippen LogP contribution in [-0.2, 0) is 20.7 Å². The number of hydrogen-bond donors (Lipinski definition) is 2. The van der Waals surface area contributed by atoms with Crippen LogP contribution in [0.2, 0.25) is 0 Å². The molecule has 1 atom stereocenters. The molecular weight excluding hydrogens is 474 g/mol. The number of thiocarbonyl (C=S) groups is 1. The van der Waals surface area contributed by atoms with Gasteiger partial charge in [0.15, 0.2) is 5.11 Å². The molecule has 1 aliphatic heterocycles. The van der Waals surface area contributed by atoms with Crippen LogP contribution < -0.4 is 10.6 Å². The number of carbonyl (C=O) groups excluding carboxylic acids is 3. The summed E-state index contributed by atoms with van der Waals surface area (Å²) in [6, 6.07) is 25.9. The Hall–Kier alpha value is -4.04. The van der Waals surface area contributed by atoms with Crippen LogP contribution in [0.25, 0.3) is 11.1 Å². The van der Waals surface area contributed by atoms with Crippen LogP contribution in [0.1, 0.15) is 22.3 Å². The third-order valence-corrected chi connectivity index (χ3v) is 6.26. The number of carbonyl (C=O) groups is 3. The van der Waals surface area contributed by atoms with Crippen molar-refractivity contribution in [2.24, 2.45) is 0 Å². The lowest BCUT2D eigenvalue weighted by Gasteiger charge is -2.36. The molecule has 0 aromatic heterocycles. The van der Waals surface area contributed by atoms with Crippen LogP contribution in [0.4, 0.5) is 0 Å². The quantitative estimate of drug-likeness (QED) is 0.381. The standard InChI is InChI=1S/C28H27N3O4S/c32-25(35-18-15-20-7-3-1-4-8-20)19-24-27(34)29-16-17-31(24)28(36)30-26(33)23-13-11-22(12-14-23)21-9-5-2-6-10-21/h1-14,24H,15-19H2,(H,29,34)(H,30,33,36). The predicted octanol–water partition coefficient (Wildman–Crippen LogP) is 3.34. The van der Waals surface area contributed by atoms with Crippen LogP contribution in [0.15, 0.2) is 84.9 Å². The maximum absolute atomic E-state index is 12.8. The molecule has 2 N–H and O–H groups in total. The average Bonchev–Trinajstić information content (AvgIpc) is 2.91. The fourth-order valence-electron chi connectivity index (χ4n) is 3.99. The molecule has 3 aromatic carbocycles. The van der Waals surface area contributed by atoms with Gasteiger partial charge >= 0.3 is 5.97 Å². The van der Waals surface area contributed by atoms with Gasteiger partial charge in [-0.3, -0.25) is 19.7 Å². The van der Waals surface area contributed by atoms with Gasteiger partial charge in [-0.2, -0.15) is 0 Å². The Morgan fingerprint density at radius 1 is 0.944 bits per heavy atom. The highest BCUT2D eigenvalue weighted by molar-refractivity contribution is 7.80. The van der Waals surface area contributed by atoms with Crippen LogP contribution >= 0.6 is 12.2 Å². The molecule has 184 valence electrons. The van der Waals surface area contributed by atoms with E-state index in [0.717, 1.165) is 16.7 Å². The van der Waals surface area contributed by atoms with E-state index in [1.165, 1.54) is 0 Å². The minimum Gasteiger partial charge on any atom is -0.465 e. The topological polar surface area (TPSA) is 87.7 Å². The molecule has 1 aliphatic rings. The van der Waals surface area contributed by atoms with Gasteiger partial charge in [-0.1, -0.05) is 72.8 Å². The van der Waals surface area contributed by atoms with E-state index >= 15 is 0 Å². The monoisotopic (exact) mass is 501 g/mol. The third-order valence-electron chi connectivity index (χ3n) is 5.92. The van der Waals surface area contributed by atoms with Gasteiger partial charge in [0.2, 0.25) is 5.91 Å². The zero-order chi connectivity index (χ0) is 25.3. The number of esters is 1. The highest BCUT2D eigenvalue weighted by Crippen LogP contribution is 2.19. The first-order chi connectivity index (χ1) is 17.5. The lowest BCUT2D eigenvalue weighted by molar-refractivity contribution is -0.147. The third kappa shape index (κ3) is 6.55. The molecule has 3 aromatic rings. The minimum atomic E-state index is -0.851. The maximum atomic E-state index is 12.8. The highest BCUT2D eigenvalue weighted by atomic mass is 32.1. The van der Waals surface area contributed by atoms with Gasteiger partial charge in [-0.05, 0) is 41.0 Å². The Morgan fingerprint density at radius 3 is 2.28 bits per heavy atom. The summed E-state index contributed by atoms with van der Waals surface area (Å²) in [7, 11) is 0. The molecule has 1 unspecified atom stereocenters. The molecule has 0 radical (unpaired) electrons. The molecule has 1 saturated heterocycles. The van der Waals surface area contributed by atoms with Crippen molar-refractivity contribution in [2.75, 3.05) is 19.7 Å². The summed E-state index contributed by atoms with van der Waals surface area (Å²) < 4.78 is 5.35. The molecule has 4 rings (SSSR count). The summed E-state index contributed by atoms with van der Waals surface area (Å²) in [5.74, 6) is -1.21. The van der Waals surface area contributed by atoms with E-state index in [-0.39, 0.29) is 30.0 Å². The van der Waals surface area contributed by atoms with Crippen molar-refractivity contribution in [1.29, 1.82) is 0 Å². The molecule has 0 spiro atoms. The number of nitrogens with zero attached hydrogens (tertiary/aromatic N) is 1. The fourth-order valence-corrected chi connectivity index (χ4v) is 4.30. The number of amides is 2. The van der Waals surface area contributed by atoms with Gasteiger partial charge in [0.1, 0.15) is 6.04 Å². The van der Waals surface area contributed by atoms with Crippen LogP contribution in [0.3, 0.4) is 0 Å². The SMILES string of the molecule is O=C(CC1C(=O)NCCN1C(=S)NC(=O)c1ccc(-c2ccccc2)cc1)OCCc1ccccc1. The van der Waals surface area contributed by atoms with Crippen molar-refractivity contribution in [3.63, 3.8) is 0 Å². The Bertz CT molecular complexity index is 1220. The summed E-state index contributed by atoms with van der Waals surface area (Å²) >= 11 is 5.45. The highest BCUT2D eigenvalue weighted by Gasteiger charge is 2.34. The fraction of sp³-hybridized carbons (Fsp3) is 0.214. The van der Waals surface area contributed by atoms with Gasteiger partial charge in [-0.15, -0.1) is 0 Å². The minimum absolute atomic E-state index is 0.101. The number of benzene rings is 3. The maximum Gasteiger partial charge on any atom is 0.308 e. The van der Waals surface area contributed by atoms with Gasteiger partial charge in [-0.25, -0.2) is 0 Å². The Balaban J connectivity index is 1.33. The molecule has 1 fully saturated rings. The molecule has 2 amide bonds. The second kappa shape index (κ2) is 12.1. The number of piperazine rings is 1.